The number of nitrogens with zero attached hydrogens (tertiary/aromatic N) is 3. The number of halogens is 2. The van der Waals surface area contributed by atoms with Crippen molar-refractivity contribution in [1.29, 1.82) is 0 Å². The van der Waals surface area contributed by atoms with E-state index in [9.17, 15) is 4.79 Å². The predicted molar refractivity (Wildman–Crippen MR) is 147 cm³/mol. The van der Waals surface area contributed by atoms with E-state index in [1.165, 1.54) is 11.1 Å². The number of fused-ring (bicyclic) bond motifs is 1. The predicted octanol–water partition coefficient (Wildman–Crippen LogP) is 7.43. The summed E-state index contributed by atoms with van der Waals surface area (Å²) in [6.45, 7) is 0.439. The van der Waals surface area contributed by atoms with Crippen molar-refractivity contribution < 1.29 is 4.74 Å². The third-order valence-electron chi connectivity index (χ3n) is 6.34. The fourth-order valence-electron chi connectivity index (χ4n) is 4.49. The first-order valence-electron chi connectivity index (χ1n) is 11.8. The molecule has 3 aromatic carbocycles. The van der Waals surface area contributed by atoms with Gasteiger partial charge in [0, 0.05) is 20.4 Å². The Morgan fingerprint density at radius 3 is 2.66 bits per heavy atom. The summed E-state index contributed by atoms with van der Waals surface area (Å²) in [4.78, 5) is 18.3. The molecule has 0 unspecified atom stereocenters. The van der Waals surface area contributed by atoms with Crippen LogP contribution in [-0.4, -0.2) is 15.9 Å². The number of hydrogen-bond acceptors (Lipinski definition) is 4. The van der Waals surface area contributed by atoms with E-state index in [1.54, 1.807) is 6.21 Å². The smallest absolute Gasteiger partial charge is 0.282 e. The summed E-state index contributed by atoms with van der Waals surface area (Å²) in [5, 5.41) is 5.22. The zero-order chi connectivity index (χ0) is 24.2. The summed E-state index contributed by atoms with van der Waals surface area (Å²) in [7, 11) is 0. The van der Waals surface area contributed by atoms with E-state index in [2.05, 4.69) is 37.0 Å². The molecule has 5 rings (SSSR count). The lowest BCUT2D eigenvalue weighted by atomic mass is 9.88. The number of hydrogen-bond donors (Lipinski definition) is 0. The molecule has 0 saturated heterocycles. The average molecular weight is 595 g/mol. The first kappa shape index (κ1) is 23.9. The molecule has 1 aliphatic carbocycles. The minimum atomic E-state index is -0.125. The molecule has 1 fully saturated rings. The molecule has 7 heteroatoms. The molecule has 4 aromatic rings. The number of para-hydroxylation sites is 1. The molecular formula is C28H25Br2N3O2. The highest BCUT2D eigenvalue weighted by molar-refractivity contribution is 9.11. The standard InChI is InChI=1S/C28H25Br2N3O2/c29-22-14-13-21(25(30)16-22)18-35-23-10-6-7-19(15-23)17-31-33-27(20-8-2-1-3-9-20)32-26-12-5-4-11-24(26)28(33)34/h4-7,10-17,20H,1-3,8-9,18H2. The van der Waals surface area contributed by atoms with Crippen molar-refractivity contribution >= 4 is 49.0 Å². The van der Waals surface area contributed by atoms with Crippen LogP contribution in [0.3, 0.4) is 0 Å². The summed E-state index contributed by atoms with van der Waals surface area (Å²) in [6, 6.07) is 21.2. The summed E-state index contributed by atoms with van der Waals surface area (Å²) in [5.41, 5.74) is 2.52. The molecule has 0 N–H and O–H groups in total. The molecule has 1 heterocycles. The van der Waals surface area contributed by atoms with Gasteiger partial charge in [0.05, 0.1) is 17.1 Å². The van der Waals surface area contributed by atoms with Crippen LogP contribution in [0.15, 0.2) is 85.6 Å². The average Bonchev–Trinajstić information content (AvgIpc) is 2.88. The van der Waals surface area contributed by atoms with Gasteiger partial charge in [-0.25, -0.2) is 4.98 Å². The Balaban J connectivity index is 1.43. The zero-order valence-electron chi connectivity index (χ0n) is 19.2. The van der Waals surface area contributed by atoms with Gasteiger partial charge in [0.15, 0.2) is 0 Å². The Bertz CT molecular complexity index is 1440. The van der Waals surface area contributed by atoms with Crippen molar-refractivity contribution in [1.82, 2.24) is 9.66 Å². The molecule has 178 valence electrons. The van der Waals surface area contributed by atoms with Gasteiger partial charge in [0.1, 0.15) is 18.2 Å². The van der Waals surface area contributed by atoms with E-state index in [0.717, 1.165) is 62.8 Å². The first-order chi connectivity index (χ1) is 17.1. The maximum atomic E-state index is 13.4. The van der Waals surface area contributed by atoms with Gasteiger partial charge in [-0.1, -0.05) is 81.5 Å². The van der Waals surface area contributed by atoms with Gasteiger partial charge in [-0.05, 0) is 54.8 Å². The first-order valence-corrected chi connectivity index (χ1v) is 13.4. The maximum absolute atomic E-state index is 13.4. The Labute approximate surface area is 221 Å². The van der Waals surface area contributed by atoms with Crippen molar-refractivity contribution in [3.05, 3.63) is 103 Å². The normalized spacial score (nSPS) is 14.6. The van der Waals surface area contributed by atoms with E-state index >= 15 is 0 Å². The number of ether oxygens (including phenoxy) is 1. The van der Waals surface area contributed by atoms with Gasteiger partial charge in [0.2, 0.25) is 0 Å². The second-order valence-corrected chi connectivity index (χ2v) is 10.6. The van der Waals surface area contributed by atoms with Crippen LogP contribution in [0.25, 0.3) is 10.9 Å². The molecule has 0 aliphatic heterocycles. The second-order valence-electron chi connectivity index (χ2n) is 8.78. The topological polar surface area (TPSA) is 56.5 Å². The van der Waals surface area contributed by atoms with Crippen LogP contribution in [0, 0.1) is 0 Å². The van der Waals surface area contributed by atoms with Crippen molar-refractivity contribution in [3.63, 3.8) is 0 Å². The lowest BCUT2D eigenvalue weighted by molar-refractivity contribution is 0.305. The van der Waals surface area contributed by atoms with Crippen LogP contribution >= 0.6 is 31.9 Å². The quantitative estimate of drug-likeness (QED) is 0.218. The third kappa shape index (κ3) is 5.57. The van der Waals surface area contributed by atoms with Crippen LogP contribution in [0.4, 0.5) is 0 Å². The summed E-state index contributed by atoms with van der Waals surface area (Å²) in [5.74, 6) is 1.75. The minimum absolute atomic E-state index is 0.125. The number of aromatic nitrogens is 2. The molecule has 1 aromatic heterocycles. The molecular weight excluding hydrogens is 570 g/mol. The second kappa shape index (κ2) is 10.9. The van der Waals surface area contributed by atoms with Gasteiger partial charge >= 0.3 is 0 Å². The summed E-state index contributed by atoms with van der Waals surface area (Å²) in [6.07, 6.45) is 7.34. The van der Waals surface area contributed by atoms with Crippen molar-refractivity contribution in [2.24, 2.45) is 5.10 Å². The van der Waals surface area contributed by atoms with Crippen molar-refractivity contribution in [3.8, 4) is 5.75 Å². The summed E-state index contributed by atoms with van der Waals surface area (Å²) >= 11 is 7.05. The largest absolute Gasteiger partial charge is 0.489 e. The highest BCUT2D eigenvalue weighted by Gasteiger charge is 2.22. The van der Waals surface area contributed by atoms with Crippen LogP contribution in [0.1, 0.15) is 55.0 Å². The summed E-state index contributed by atoms with van der Waals surface area (Å²) < 4.78 is 9.52. The third-order valence-corrected chi connectivity index (χ3v) is 7.57. The SMILES string of the molecule is O=c1c2ccccc2nc(C2CCCCC2)n1N=Cc1cccc(OCc2ccc(Br)cc2Br)c1. The van der Waals surface area contributed by atoms with Crippen molar-refractivity contribution in [2.45, 2.75) is 44.6 Å². The van der Waals surface area contributed by atoms with E-state index < -0.39 is 0 Å². The van der Waals surface area contributed by atoms with Crippen molar-refractivity contribution in [2.75, 3.05) is 0 Å². The van der Waals surface area contributed by atoms with E-state index in [4.69, 9.17) is 9.72 Å². The number of benzene rings is 3. The fraction of sp³-hybridized carbons (Fsp3) is 0.250. The van der Waals surface area contributed by atoms with Gasteiger partial charge in [0.25, 0.3) is 5.56 Å². The maximum Gasteiger partial charge on any atom is 0.282 e. The Morgan fingerprint density at radius 1 is 1.00 bits per heavy atom. The molecule has 1 saturated carbocycles. The molecule has 35 heavy (non-hydrogen) atoms. The van der Waals surface area contributed by atoms with Gasteiger partial charge in [-0.2, -0.15) is 9.78 Å². The van der Waals surface area contributed by atoms with Crippen LogP contribution in [0.2, 0.25) is 0 Å². The molecule has 0 bridgehead atoms. The molecule has 1 aliphatic rings. The molecule has 0 spiro atoms. The minimum Gasteiger partial charge on any atom is -0.489 e. The highest BCUT2D eigenvalue weighted by Crippen LogP contribution is 2.32. The Morgan fingerprint density at radius 2 is 1.83 bits per heavy atom. The highest BCUT2D eigenvalue weighted by atomic mass is 79.9. The van der Waals surface area contributed by atoms with Gasteiger partial charge < -0.3 is 4.74 Å². The lowest BCUT2D eigenvalue weighted by Crippen LogP contribution is -2.25. The van der Waals surface area contributed by atoms with Crippen LogP contribution in [0.5, 0.6) is 5.75 Å². The van der Waals surface area contributed by atoms with Gasteiger partial charge in [-0.3, -0.25) is 4.79 Å². The number of rotatable bonds is 6. The van der Waals surface area contributed by atoms with Gasteiger partial charge in [-0.15, -0.1) is 0 Å². The van der Waals surface area contributed by atoms with E-state index in [1.807, 2.05) is 66.7 Å². The molecule has 0 radical (unpaired) electrons. The molecule has 5 nitrogen and oxygen atoms in total. The van der Waals surface area contributed by atoms with Crippen LogP contribution < -0.4 is 10.3 Å². The fourth-order valence-corrected chi connectivity index (χ4v) is 5.65. The lowest BCUT2D eigenvalue weighted by Gasteiger charge is -2.22. The monoisotopic (exact) mass is 593 g/mol. The van der Waals surface area contributed by atoms with Crippen LogP contribution in [-0.2, 0) is 6.61 Å². The Kier molecular flexibility index (Phi) is 7.44. The molecule has 0 amide bonds. The van der Waals surface area contributed by atoms with E-state index in [0.29, 0.717) is 12.0 Å². The van der Waals surface area contributed by atoms with E-state index in [-0.39, 0.29) is 11.5 Å². The zero-order valence-corrected chi connectivity index (χ0v) is 22.3. The Hall–Kier alpha value is -2.77. The molecule has 0 atom stereocenters.